The SMILES string of the molecule is CC1(C)OB(c2ccc(-c3nc4c(cc3Cl)nc(O[C@@H]3CO[C@H]5[C@@H]3OC[C@H]5O)n4COCC[Si](C)(C)C)cc2)OC1(C)C.C[Si](C)(C)CCOCn1c(O[C@@H]2CO[C@H]3[C@@H]2OC[C@H]3O)nc2cc(Cl)c(-c3ccc(-c4ncc(Br)cn4)cc3)nc21.C[Si](C)(C)CCOCn1c(O[C@@H]2CO[C@H]3[C@@H]2OC[C@H]3O)nc2cc(Cl)c(-c3ccc(-c4ncc(N=S(C)(C)=O)cn4)cc3)nc21. The van der Waals surface area contributed by atoms with Gasteiger partial charge in [-0.3, -0.25) is 13.7 Å². The van der Waals surface area contributed by atoms with Gasteiger partial charge in [0.1, 0.15) is 97.4 Å². The highest BCUT2D eigenvalue weighted by molar-refractivity contribution is 9.10. The zero-order chi connectivity index (χ0) is 91.4. The quantitative estimate of drug-likeness (QED) is 0.0303. The molecule has 0 spiro atoms. The first-order valence-corrected chi connectivity index (χ1v) is 58.4. The third kappa shape index (κ3) is 22.1. The summed E-state index contributed by atoms with van der Waals surface area (Å²) in [6.45, 7) is 33.0. The Morgan fingerprint density at radius 1 is 0.450 bits per heavy atom. The number of hydrogen-bond donors (Lipinski definition) is 3. The van der Waals surface area contributed by atoms with Crippen molar-refractivity contribution in [2.24, 2.45) is 4.36 Å². The van der Waals surface area contributed by atoms with E-state index in [1.54, 1.807) is 60.1 Å². The van der Waals surface area contributed by atoms with Crippen LogP contribution in [0, 0.1) is 0 Å². The van der Waals surface area contributed by atoms with E-state index < -0.39 is 107 Å². The predicted octanol–water partition coefficient (Wildman–Crippen LogP) is 14.2. The average molecular weight is 1960 g/mol. The molecule has 7 aliphatic rings. The molecule has 129 heavy (non-hydrogen) atoms. The van der Waals surface area contributed by atoms with Gasteiger partial charge in [-0.2, -0.15) is 19.3 Å². The number of pyridine rings is 3. The fourth-order valence-electron chi connectivity index (χ4n) is 15.4. The van der Waals surface area contributed by atoms with Crippen molar-refractivity contribution in [3.05, 3.63) is 135 Å². The highest BCUT2D eigenvalue weighted by Crippen LogP contribution is 2.42. The van der Waals surface area contributed by atoms with E-state index in [1.807, 2.05) is 110 Å². The molecule has 7 aliphatic heterocycles. The van der Waals surface area contributed by atoms with Gasteiger partial charge >= 0.3 is 25.1 Å². The number of aliphatic hydroxyl groups is 3. The molecule has 0 radical (unpaired) electrons. The van der Waals surface area contributed by atoms with Crippen molar-refractivity contribution in [3.63, 3.8) is 0 Å². The lowest BCUT2D eigenvalue weighted by molar-refractivity contribution is 0.00332. The molecule has 41 heteroatoms. The van der Waals surface area contributed by atoms with E-state index in [-0.39, 0.29) is 64.9 Å². The largest absolute Gasteiger partial charge is 0.494 e. The lowest BCUT2D eigenvalue weighted by Gasteiger charge is -2.32. The molecule has 12 atom stereocenters. The minimum atomic E-state index is -2.30. The van der Waals surface area contributed by atoms with Crippen LogP contribution in [0.4, 0.5) is 5.69 Å². The van der Waals surface area contributed by atoms with E-state index >= 15 is 0 Å². The second kappa shape index (κ2) is 38.9. The lowest BCUT2D eigenvalue weighted by atomic mass is 9.79. The minimum Gasteiger partial charge on any atom is -0.456 e. The molecular formula is C88H109BBrCl3N14O18SSi3. The standard InChI is InChI=1S/C30H41BClN3O7Si.C30H37ClN6O6SSi.C28H31BrClN5O5Si/c1-29(2)30(3,4)42-31(41-29)19-10-8-18(9-11-19)24-20(32)14-21-27(34-24)35(17-37-12-13-43(5,6)7)28(33-21)40-23-16-39-25-22(36)15-38-26(23)25;1-44(2,39)36-20-13-32-28(33-14-20)19-8-6-18(7-9-19)25-21(31)12-22-29(35-25)37(17-40-10-11-45(3,4)5)30(34-22)43-24-16-42-26-23(38)15-41-27(24)26;1-41(2,3)9-8-37-15-35-27-20(33-28(35)40-22-14-39-24-21(36)13-38-25(22)24)10-19(30)23(34-27)16-4-6-17(7-5-16)26-31-11-18(29)12-32-26/h8-11,14,22-23,25-26,36H,12-13,15-17H2,1-7H3;6-9,12-14,23-24,26-27,38H,10-11,15-17H2,1-5H3;4-7,10-12,21-22,24-25,36H,8-9,13-15H2,1-3H3/t22-,23-,25-,26-;23-,24-,26-,27-;21-,22-,24-,25-/m111/s1. The van der Waals surface area contributed by atoms with Crippen molar-refractivity contribution in [3.8, 4) is 74.6 Å². The monoisotopic (exact) mass is 1960 g/mol. The summed E-state index contributed by atoms with van der Waals surface area (Å²) < 4.78 is 107. The summed E-state index contributed by atoms with van der Waals surface area (Å²) >= 11 is 23.6. The number of aromatic nitrogens is 13. The summed E-state index contributed by atoms with van der Waals surface area (Å²) in [6, 6.07) is 32.7. The van der Waals surface area contributed by atoms with Gasteiger partial charge in [0.15, 0.2) is 46.9 Å². The molecule has 3 aromatic carbocycles. The number of rotatable bonds is 28. The van der Waals surface area contributed by atoms with E-state index in [9.17, 15) is 19.5 Å². The zero-order valence-electron chi connectivity index (χ0n) is 74.7. The Labute approximate surface area is 775 Å². The van der Waals surface area contributed by atoms with Gasteiger partial charge in [-0.25, -0.2) is 39.1 Å². The van der Waals surface area contributed by atoms with Crippen molar-refractivity contribution in [1.82, 2.24) is 63.5 Å². The summed E-state index contributed by atoms with van der Waals surface area (Å²) in [5, 5.41) is 31.9. The minimum absolute atomic E-state index is 0.194. The highest BCUT2D eigenvalue weighted by atomic mass is 79.9. The maximum atomic E-state index is 12.0. The second-order valence-corrected chi connectivity index (χ2v) is 59.6. The number of benzene rings is 3. The first kappa shape index (κ1) is 94.7. The van der Waals surface area contributed by atoms with Gasteiger partial charge in [0, 0.05) is 106 Å². The van der Waals surface area contributed by atoms with Gasteiger partial charge in [-0.15, -0.1) is 0 Å². The number of imidazole rings is 3. The molecule has 3 N–H and O–H groups in total. The van der Waals surface area contributed by atoms with Crippen LogP contribution in [0.2, 0.25) is 92.1 Å². The fraction of sp³-hybridized carbons (Fsp3) is 0.500. The molecule has 7 saturated heterocycles. The number of ether oxygens (including phenoxy) is 12. The number of halogens is 4. The maximum absolute atomic E-state index is 12.0. The van der Waals surface area contributed by atoms with Gasteiger partial charge in [0.05, 0.1) is 99.9 Å². The van der Waals surface area contributed by atoms with Crippen LogP contribution in [-0.4, -0.2) is 271 Å². The molecule has 32 nitrogen and oxygen atoms in total. The number of aliphatic hydroxyl groups excluding tert-OH is 3. The van der Waals surface area contributed by atoms with Gasteiger partial charge in [0.2, 0.25) is 0 Å². The van der Waals surface area contributed by atoms with Crippen molar-refractivity contribution in [2.45, 2.75) is 209 Å². The summed E-state index contributed by atoms with van der Waals surface area (Å²) in [4.78, 5) is 46.5. The Morgan fingerprint density at radius 2 is 0.744 bits per heavy atom. The third-order valence-electron chi connectivity index (χ3n) is 23.4. The summed E-state index contributed by atoms with van der Waals surface area (Å²) in [5.41, 5.74) is 10.0. The van der Waals surface area contributed by atoms with Crippen LogP contribution in [0.3, 0.4) is 0 Å². The number of hydrogen-bond acceptors (Lipinski definition) is 29. The Bertz CT molecular complexity index is 5930. The first-order chi connectivity index (χ1) is 61.2. The molecule has 0 saturated carbocycles. The van der Waals surface area contributed by atoms with Crippen molar-refractivity contribution in [1.29, 1.82) is 0 Å². The molecule has 11 aromatic rings. The third-order valence-corrected chi connectivity index (χ3v) is 30.4. The van der Waals surface area contributed by atoms with Crippen LogP contribution in [0.1, 0.15) is 27.7 Å². The normalized spacial score (nSPS) is 23.5. The van der Waals surface area contributed by atoms with Crippen molar-refractivity contribution in [2.75, 3.05) is 72.0 Å². The predicted molar refractivity (Wildman–Crippen MR) is 503 cm³/mol. The molecule has 7 fully saturated rings. The Morgan fingerprint density at radius 3 is 1.05 bits per heavy atom. The Hall–Kier alpha value is -7.46. The van der Waals surface area contributed by atoms with Crippen LogP contribution in [0.15, 0.2) is 125 Å². The van der Waals surface area contributed by atoms with Crippen molar-refractivity contribution < 1.29 is 85.7 Å². The number of nitrogens with zero attached hydrogens (tertiary/aromatic N) is 14. The molecule has 0 unspecified atom stereocenters. The van der Waals surface area contributed by atoms with E-state index in [2.05, 4.69) is 99.2 Å². The van der Waals surface area contributed by atoms with Crippen LogP contribution in [0.25, 0.3) is 90.0 Å². The van der Waals surface area contributed by atoms with Crippen LogP contribution in [0.5, 0.6) is 18.0 Å². The second-order valence-electron chi connectivity index (χ2n) is 38.1. The average Bonchev–Trinajstić information content (AvgIpc) is 1.63. The fourth-order valence-corrected chi connectivity index (χ4v) is 19.3. The van der Waals surface area contributed by atoms with Gasteiger partial charge in [-0.1, -0.05) is 167 Å². The Balaban J connectivity index is 0.000000142. The van der Waals surface area contributed by atoms with Crippen molar-refractivity contribution >= 4 is 136 Å². The molecule has 8 aromatic heterocycles. The lowest BCUT2D eigenvalue weighted by Crippen LogP contribution is -2.41. The Kier molecular flexibility index (Phi) is 28.5. The topological polar surface area (TPSA) is 363 Å². The first-order valence-electron chi connectivity index (χ1n) is 43.0. The van der Waals surface area contributed by atoms with Crippen LogP contribution < -0.4 is 19.7 Å². The maximum Gasteiger partial charge on any atom is 0.494 e. The molecule has 688 valence electrons. The smallest absolute Gasteiger partial charge is 0.456 e. The van der Waals surface area contributed by atoms with E-state index in [0.717, 1.165) is 55.9 Å². The molecule has 0 bridgehead atoms. The summed E-state index contributed by atoms with van der Waals surface area (Å²) in [7, 11) is -6.60. The van der Waals surface area contributed by atoms with E-state index in [1.165, 1.54) is 0 Å². The molecule has 0 amide bonds. The molecule has 0 aliphatic carbocycles. The summed E-state index contributed by atoms with van der Waals surface area (Å²) in [6.07, 6.45) is 4.02. The van der Waals surface area contributed by atoms with Crippen LogP contribution in [-0.2, 0) is 81.9 Å². The molecule has 18 rings (SSSR count). The van der Waals surface area contributed by atoms with E-state index in [4.69, 9.17) is 131 Å². The summed E-state index contributed by atoms with van der Waals surface area (Å²) in [5.74, 6) is 1.14. The van der Waals surface area contributed by atoms with Gasteiger partial charge < -0.3 is 81.5 Å². The van der Waals surface area contributed by atoms with Crippen LogP contribution >= 0.6 is 50.7 Å². The van der Waals surface area contributed by atoms with Gasteiger partial charge in [-0.05, 0) is 85.4 Å². The highest BCUT2D eigenvalue weighted by Gasteiger charge is 2.54. The molecular weight excluding hydrogens is 1850 g/mol. The van der Waals surface area contributed by atoms with Gasteiger partial charge in [0.25, 0.3) is 0 Å². The number of fused-ring (bicyclic) bond motifs is 6. The zero-order valence-corrected chi connectivity index (χ0v) is 82.4. The molecule has 15 heterocycles. The van der Waals surface area contributed by atoms with E-state index in [0.29, 0.717) is 134 Å².